The van der Waals surface area contributed by atoms with Gasteiger partial charge >= 0.3 is 0 Å². The van der Waals surface area contributed by atoms with Crippen LogP contribution in [0.15, 0.2) is 12.1 Å². The third kappa shape index (κ3) is 2.58. The van der Waals surface area contributed by atoms with Gasteiger partial charge in [-0.25, -0.2) is 0 Å². The lowest BCUT2D eigenvalue weighted by Crippen LogP contribution is -2.11. The molecule has 0 aromatic heterocycles. The number of aryl methyl sites for hydroxylation is 1. The minimum absolute atomic E-state index is 0.0498. The number of carbonyl (C=O) groups excluding carboxylic acids is 1. The Morgan fingerprint density at radius 1 is 1.27 bits per heavy atom. The van der Waals surface area contributed by atoms with Crippen LogP contribution >= 0.6 is 0 Å². The lowest BCUT2D eigenvalue weighted by atomic mass is 10.0. The number of rotatable bonds is 3. The Hall–Kier alpha value is -1.31. The maximum Gasteiger partial charge on any atom is 0.163 e. The number of benzene rings is 1. The molecule has 0 fully saturated rings. The molecule has 1 aromatic carbocycles. The van der Waals surface area contributed by atoms with Crippen molar-refractivity contribution < 1.29 is 9.53 Å². The van der Waals surface area contributed by atoms with Crippen LogP contribution in [-0.4, -0.2) is 11.9 Å². The lowest BCUT2D eigenvalue weighted by Gasteiger charge is -2.16. The number of Topliss-reactive ketones (excluding diaryl/α,β-unsaturated/α-hetero) is 1. The Labute approximate surface area is 91.3 Å². The molecule has 2 heteroatoms. The predicted molar refractivity (Wildman–Crippen MR) is 61.7 cm³/mol. The molecule has 0 bridgehead atoms. The van der Waals surface area contributed by atoms with E-state index in [1.807, 2.05) is 39.8 Å². The van der Waals surface area contributed by atoms with Crippen LogP contribution in [0.2, 0.25) is 0 Å². The Morgan fingerprint density at radius 3 is 2.33 bits per heavy atom. The molecular formula is C13H18O2. The Kier molecular flexibility index (Phi) is 3.51. The predicted octanol–water partition coefficient (Wildman–Crippen LogP) is 3.29. The number of carbonyl (C=O) groups is 1. The van der Waals surface area contributed by atoms with Crippen LogP contribution in [0, 0.1) is 13.8 Å². The second-order valence-electron chi connectivity index (χ2n) is 4.11. The molecule has 15 heavy (non-hydrogen) atoms. The topological polar surface area (TPSA) is 26.3 Å². The van der Waals surface area contributed by atoms with Gasteiger partial charge < -0.3 is 4.74 Å². The fourth-order valence-electron chi connectivity index (χ4n) is 1.45. The van der Waals surface area contributed by atoms with Gasteiger partial charge in [-0.05, 0) is 51.8 Å². The molecule has 0 N–H and O–H groups in total. The number of ketones is 1. The molecule has 1 rings (SSSR count). The zero-order valence-corrected chi connectivity index (χ0v) is 10.0. The Morgan fingerprint density at radius 2 is 1.87 bits per heavy atom. The molecule has 0 amide bonds. The minimum atomic E-state index is 0.0498. The first kappa shape index (κ1) is 11.8. The van der Waals surface area contributed by atoms with Crippen molar-refractivity contribution in [2.45, 2.75) is 40.7 Å². The van der Waals surface area contributed by atoms with E-state index in [9.17, 15) is 4.79 Å². The summed E-state index contributed by atoms with van der Waals surface area (Å²) >= 11 is 0. The van der Waals surface area contributed by atoms with Crippen LogP contribution < -0.4 is 4.74 Å². The molecule has 0 spiro atoms. The first-order chi connectivity index (χ1) is 6.93. The van der Waals surface area contributed by atoms with E-state index in [2.05, 4.69) is 0 Å². The zero-order valence-electron chi connectivity index (χ0n) is 10.0. The minimum Gasteiger partial charge on any atom is -0.490 e. The van der Waals surface area contributed by atoms with Crippen LogP contribution in [-0.2, 0) is 0 Å². The van der Waals surface area contributed by atoms with Crippen molar-refractivity contribution in [3.8, 4) is 5.75 Å². The van der Waals surface area contributed by atoms with Crippen molar-refractivity contribution in [1.29, 1.82) is 0 Å². The quantitative estimate of drug-likeness (QED) is 0.709. The molecule has 1 aromatic rings. The van der Waals surface area contributed by atoms with Crippen molar-refractivity contribution in [2.75, 3.05) is 0 Å². The fourth-order valence-corrected chi connectivity index (χ4v) is 1.45. The summed E-state index contributed by atoms with van der Waals surface area (Å²) in [6, 6.07) is 3.79. The highest BCUT2D eigenvalue weighted by Gasteiger charge is 2.13. The standard InChI is InChI=1S/C13H18O2/c1-8(2)15-13-10(4)9(3)6-7-12(13)11(5)14/h6-8H,1-5H3. The highest BCUT2D eigenvalue weighted by atomic mass is 16.5. The summed E-state index contributed by atoms with van der Waals surface area (Å²) in [6.07, 6.45) is 0.0867. The van der Waals surface area contributed by atoms with Crippen molar-refractivity contribution in [2.24, 2.45) is 0 Å². The Bertz CT molecular complexity index is 378. The van der Waals surface area contributed by atoms with E-state index in [-0.39, 0.29) is 11.9 Å². The van der Waals surface area contributed by atoms with Crippen molar-refractivity contribution in [1.82, 2.24) is 0 Å². The SMILES string of the molecule is CC(=O)c1ccc(C)c(C)c1OC(C)C. The van der Waals surface area contributed by atoms with Gasteiger partial charge in [0.15, 0.2) is 5.78 Å². The number of hydrogen-bond acceptors (Lipinski definition) is 2. The number of ether oxygens (including phenoxy) is 1. The second-order valence-corrected chi connectivity index (χ2v) is 4.11. The normalized spacial score (nSPS) is 10.5. The zero-order chi connectivity index (χ0) is 11.6. The van der Waals surface area contributed by atoms with Gasteiger partial charge in [-0.15, -0.1) is 0 Å². The molecule has 0 aliphatic rings. The van der Waals surface area contributed by atoms with Crippen molar-refractivity contribution >= 4 is 5.78 Å². The fraction of sp³-hybridized carbons (Fsp3) is 0.462. The average molecular weight is 206 g/mol. The van der Waals surface area contributed by atoms with Crippen molar-refractivity contribution in [3.05, 3.63) is 28.8 Å². The molecule has 0 aliphatic heterocycles. The molecule has 2 nitrogen and oxygen atoms in total. The summed E-state index contributed by atoms with van der Waals surface area (Å²) in [5.74, 6) is 0.784. The molecule has 0 saturated heterocycles. The largest absolute Gasteiger partial charge is 0.490 e. The van der Waals surface area contributed by atoms with Gasteiger partial charge in [0.2, 0.25) is 0 Å². The molecule has 0 heterocycles. The summed E-state index contributed by atoms with van der Waals surface area (Å²) in [6.45, 7) is 9.50. The summed E-state index contributed by atoms with van der Waals surface area (Å²) in [5, 5.41) is 0. The van der Waals surface area contributed by atoms with Gasteiger partial charge in [0, 0.05) is 0 Å². The molecule has 82 valence electrons. The first-order valence-electron chi connectivity index (χ1n) is 5.21. The lowest BCUT2D eigenvalue weighted by molar-refractivity contribution is 0.101. The Balaban J connectivity index is 3.28. The van der Waals surface area contributed by atoms with E-state index in [0.29, 0.717) is 5.56 Å². The average Bonchev–Trinajstić information content (AvgIpc) is 2.12. The van der Waals surface area contributed by atoms with Crippen LogP contribution in [0.3, 0.4) is 0 Å². The summed E-state index contributed by atoms with van der Waals surface area (Å²) in [5.41, 5.74) is 2.87. The molecule has 0 unspecified atom stereocenters. The molecule has 0 atom stereocenters. The summed E-state index contributed by atoms with van der Waals surface area (Å²) in [4.78, 5) is 11.4. The van der Waals surface area contributed by atoms with Crippen LogP contribution in [0.25, 0.3) is 0 Å². The van der Waals surface area contributed by atoms with Crippen LogP contribution in [0.5, 0.6) is 5.75 Å². The third-order valence-corrected chi connectivity index (χ3v) is 2.41. The van der Waals surface area contributed by atoms with Crippen LogP contribution in [0.1, 0.15) is 42.3 Å². The molecule has 0 aliphatic carbocycles. The second kappa shape index (κ2) is 4.47. The maximum absolute atomic E-state index is 11.4. The van der Waals surface area contributed by atoms with E-state index in [1.54, 1.807) is 6.92 Å². The monoisotopic (exact) mass is 206 g/mol. The van der Waals surface area contributed by atoms with Crippen LogP contribution in [0.4, 0.5) is 0 Å². The van der Waals surface area contributed by atoms with E-state index in [1.165, 1.54) is 0 Å². The van der Waals surface area contributed by atoms with Gasteiger partial charge in [0.25, 0.3) is 0 Å². The van der Waals surface area contributed by atoms with E-state index >= 15 is 0 Å². The van der Waals surface area contributed by atoms with E-state index < -0.39 is 0 Å². The third-order valence-electron chi connectivity index (χ3n) is 2.41. The highest BCUT2D eigenvalue weighted by Crippen LogP contribution is 2.27. The number of hydrogen-bond donors (Lipinski definition) is 0. The van der Waals surface area contributed by atoms with Gasteiger partial charge in [-0.2, -0.15) is 0 Å². The van der Waals surface area contributed by atoms with Gasteiger partial charge in [0.1, 0.15) is 5.75 Å². The smallest absolute Gasteiger partial charge is 0.163 e. The van der Waals surface area contributed by atoms with E-state index in [0.717, 1.165) is 16.9 Å². The van der Waals surface area contributed by atoms with Crippen molar-refractivity contribution in [3.63, 3.8) is 0 Å². The highest BCUT2D eigenvalue weighted by molar-refractivity contribution is 5.97. The molecule has 0 radical (unpaired) electrons. The molecular weight excluding hydrogens is 188 g/mol. The maximum atomic E-state index is 11.4. The van der Waals surface area contributed by atoms with Gasteiger partial charge in [0.05, 0.1) is 11.7 Å². The van der Waals surface area contributed by atoms with Gasteiger partial charge in [-0.3, -0.25) is 4.79 Å². The first-order valence-corrected chi connectivity index (χ1v) is 5.21. The van der Waals surface area contributed by atoms with Gasteiger partial charge in [-0.1, -0.05) is 6.07 Å². The van der Waals surface area contributed by atoms with E-state index in [4.69, 9.17) is 4.74 Å². The summed E-state index contributed by atoms with van der Waals surface area (Å²) in [7, 11) is 0. The summed E-state index contributed by atoms with van der Waals surface area (Å²) < 4.78 is 5.70. The molecule has 0 saturated carbocycles.